The summed E-state index contributed by atoms with van der Waals surface area (Å²) in [6.45, 7) is 1.61. The number of aliphatic carboxylic acids is 1. The molecule has 3 heterocycles. The van der Waals surface area contributed by atoms with Crippen LogP contribution in [0.5, 0.6) is 5.88 Å². The Balaban J connectivity index is 1.55. The van der Waals surface area contributed by atoms with Gasteiger partial charge in [0, 0.05) is 51.6 Å². The third-order valence-corrected chi connectivity index (χ3v) is 7.70. The van der Waals surface area contributed by atoms with E-state index in [9.17, 15) is 44.1 Å². The van der Waals surface area contributed by atoms with Crippen LogP contribution in [0.15, 0.2) is 36.4 Å². The number of carboxylic acid groups (broad SMARTS) is 2. The minimum atomic E-state index is -1.25. The number of esters is 1. The predicted molar refractivity (Wildman–Crippen MR) is 156 cm³/mol. The van der Waals surface area contributed by atoms with Gasteiger partial charge in [-0.1, -0.05) is 18.2 Å². The van der Waals surface area contributed by atoms with E-state index in [0.29, 0.717) is 5.69 Å². The molecule has 0 saturated carbocycles. The molecular formula is C29H36N6O11. The number of ether oxygens (including phenoxy) is 2. The third kappa shape index (κ3) is 7.90. The number of methoxy groups -OCH3 is 1. The minimum absolute atomic E-state index is 0.00834. The standard InChI is InChI=1S/C29H36N6O11/c1-17(26(40)34-16-19(36)14-22(34)28(42)45-2)46-23-15-21(31-35(23)18-6-4-3-5-7-18)25(39)30-20(8-9-24(37)38)27(41)32-10-12-33(13-11-32)29(43)44/h3-7,15,17,19-20,22,36H,8-14,16H2,1-2H3,(H,30,39)(H,37,38)(H,43,44)/t17-,19+,20?,22-/m0/s1. The Labute approximate surface area is 263 Å². The molecule has 4 atom stereocenters. The molecular weight excluding hydrogens is 608 g/mol. The van der Waals surface area contributed by atoms with Gasteiger partial charge in [-0.2, -0.15) is 5.10 Å². The summed E-state index contributed by atoms with van der Waals surface area (Å²) < 4.78 is 12.0. The molecule has 1 unspecified atom stereocenters. The largest absolute Gasteiger partial charge is 0.481 e. The quantitative estimate of drug-likeness (QED) is 0.229. The molecule has 1 aromatic heterocycles. The topological polar surface area (TPSA) is 221 Å². The zero-order valence-electron chi connectivity index (χ0n) is 25.3. The number of aliphatic hydroxyl groups excluding tert-OH is 1. The minimum Gasteiger partial charge on any atom is -0.481 e. The van der Waals surface area contributed by atoms with Crippen LogP contribution in [0.1, 0.15) is 36.7 Å². The Morgan fingerprint density at radius 1 is 1.00 bits per heavy atom. The first-order valence-electron chi connectivity index (χ1n) is 14.6. The van der Waals surface area contributed by atoms with Gasteiger partial charge in [-0.05, 0) is 25.5 Å². The van der Waals surface area contributed by atoms with Crippen molar-refractivity contribution in [2.45, 2.75) is 50.5 Å². The second-order valence-corrected chi connectivity index (χ2v) is 10.8. The van der Waals surface area contributed by atoms with Gasteiger partial charge in [-0.3, -0.25) is 19.2 Å². The van der Waals surface area contributed by atoms with E-state index in [2.05, 4.69) is 10.4 Å². The van der Waals surface area contributed by atoms with Crippen molar-refractivity contribution in [1.82, 2.24) is 29.8 Å². The van der Waals surface area contributed by atoms with E-state index in [-0.39, 0.29) is 57.1 Å². The molecule has 0 radical (unpaired) electrons. The van der Waals surface area contributed by atoms with Gasteiger partial charge in [0.1, 0.15) is 12.1 Å². The van der Waals surface area contributed by atoms with Crippen LogP contribution in [0.25, 0.3) is 5.69 Å². The van der Waals surface area contributed by atoms with Crippen molar-refractivity contribution in [3.05, 3.63) is 42.1 Å². The number of hydrogen-bond acceptors (Lipinski definition) is 10. The average molecular weight is 645 g/mol. The Morgan fingerprint density at radius 2 is 1.65 bits per heavy atom. The number of nitrogens with one attached hydrogen (secondary N) is 1. The molecule has 2 aromatic rings. The monoisotopic (exact) mass is 644 g/mol. The van der Waals surface area contributed by atoms with Crippen LogP contribution in [-0.4, -0.2) is 140 Å². The van der Waals surface area contributed by atoms with Crippen molar-refractivity contribution in [1.29, 1.82) is 0 Å². The van der Waals surface area contributed by atoms with E-state index in [1.165, 1.54) is 34.6 Å². The Bertz CT molecular complexity index is 1460. The van der Waals surface area contributed by atoms with Gasteiger partial charge in [0.2, 0.25) is 11.8 Å². The average Bonchev–Trinajstić information content (AvgIpc) is 3.65. The highest BCUT2D eigenvalue weighted by atomic mass is 16.5. The number of para-hydroxylation sites is 1. The van der Waals surface area contributed by atoms with Crippen molar-refractivity contribution in [2.75, 3.05) is 39.8 Å². The Hall–Kier alpha value is -5.19. The summed E-state index contributed by atoms with van der Waals surface area (Å²) in [5, 5.41) is 35.4. The van der Waals surface area contributed by atoms with E-state index in [4.69, 9.17) is 9.47 Å². The van der Waals surface area contributed by atoms with Crippen molar-refractivity contribution in [3.8, 4) is 11.6 Å². The van der Waals surface area contributed by atoms with E-state index in [0.717, 1.165) is 4.90 Å². The van der Waals surface area contributed by atoms with Gasteiger partial charge >= 0.3 is 18.0 Å². The number of likely N-dealkylation sites (tertiary alicyclic amines) is 1. The molecule has 248 valence electrons. The molecule has 2 aliphatic rings. The lowest BCUT2D eigenvalue weighted by Crippen LogP contribution is -2.55. The Kier molecular flexibility index (Phi) is 10.8. The van der Waals surface area contributed by atoms with Crippen molar-refractivity contribution >= 4 is 35.8 Å². The van der Waals surface area contributed by atoms with Gasteiger partial charge in [0.15, 0.2) is 11.8 Å². The molecule has 4 N–H and O–H groups in total. The summed E-state index contributed by atoms with van der Waals surface area (Å²) in [7, 11) is 1.18. The van der Waals surface area contributed by atoms with Crippen molar-refractivity contribution in [3.63, 3.8) is 0 Å². The number of aliphatic hydroxyl groups is 1. The Morgan fingerprint density at radius 3 is 2.26 bits per heavy atom. The second-order valence-electron chi connectivity index (χ2n) is 10.8. The number of β-amino-alcohol motifs (C(OH)–C–C–N with tert-alkyl or cyclic N) is 1. The SMILES string of the molecule is COC(=O)[C@@H]1C[C@@H](O)CN1C(=O)[C@H](C)Oc1cc(C(=O)NC(CCC(=O)O)C(=O)N2CCN(C(=O)O)CC2)nn1-c1ccccc1. The lowest BCUT2D eigenvalue weighted by molar-refractivity contribution is -0.153. The third-order valence-electron chi connectivity index (χ3n) is 7.70. The molecule has 4 amide bonds. The number of amides is 4. The summed E-state index contributed by atoms with van der Waals surface area (Å²) >= 11 is 0. The lowest BCUT2D eigenvalue weighted by atomic mass is 10.1. The van der Waals surface area contributed by atoms with Crippen molar-refractivity contribution in [2.24, 2.45) is 0 Å². The summed E-state index contributed by atoms with van der Waals surface area (Å²) in [6.07, 6.45) is -3.88. The number of carbonyl (C=O) groups excluding carboxylic acids is 4. The first-order chi connectivity index (χ1) is 21.9. The predicted octanol–water partition coefficient (Wildman–Crippen LogP) is -0.440. The summed E-state index contributed by atoms with van der Waals surface area (Å²) in [4.78, 5) is 78.6. The van der Waals surface area contributed by atoms with Crippen LogP contribution in [0, 0.1) is 0 Å². The summed E-state index contributed by atoms with van der Waals surface area (Å²) in [5.41, 5.74) is 0.265. The van der Waals surface area contributed by atoms with Gasteiger partial charge in [-0.25, -0.2) is 14.3 Å². The van der Waals surface area contributed by atoms with Crippen LogP contribution in [-0.2, 0) is 23.9 Å². The fourth-order valence-electron chi connectivity index (χ4n) is 5.29. The molecule has 2 saturated heterocycles. The fraction of sp³-hybridized carbons (Fsp3) is 0.483. The molecule has 2 aliphatic heterocycles. The van der Waals surface area contributed by atoms with E-state index in [1.54, 1.807) is 30.3 Å². The van der Waals surface area contributed by atoms with Crippen LogP contribution < -0.4 is 10.1 Å². The number of benzene rings is 1. The zero-order valence-corrected chi connectivity index (χ0v) is 25.3. The lowest BCUT2D eigenvalue weighted by Gasteiger charge is -2.35. The summed E-state index contributed by atoms with van der Waals surface area (Å²) in [5.74, 6) is -3.87. The number of nitrogens with zero attached hydrogens (tertiary/aromatic N) is 5. The van der Waals surface area contributed by atoms with Gasteiger partial charge in [0.05, 0.1) is 18.9 Å². The first-order valence-corrected chi connectivity index (χ1v) is 14.6. The first kappa shape index (κ1) is 33.7. The van der Waals surface area contributed by atoms with Crippen LogP contribution >= 0.6 is 0 Å². The molecule has 17 heteroatoms. The highest BCUT2D eigenvalue weighted by molar-refractivity contribution is 5.96. The highest BCUT2D eigenvalue weighted by Crippen LogP contribution is 2.24. The molecule has 0 spiro atoms. The van der Waals surface area contributed by atoms with Gasteiger partial charge in [0.25, 0.3) is 11.8 Å². The molecule has 4 rings (SSSR count). The number of rotatable bonds is 11. The van der Waals surface area contributed by atoms with E-state index < -0.39 is 66.5 Å². The molecule has 1 aromatic carbocycles. The maximum Gasteiger partial charge on any atom is 0.407 e. The normalized spacial score (nSPS) is 19.2. The number of carboxylic acids is 1. The highest BCUT2D eigenvalue weighted by Gasteiger charge is 2.42. The smallest absolute Gasteiger partial charge is 0.407 e. The number of aromatic nitrogens is 2. The fourth-order valence-corrected chi connectivity index (χ4v) is 5.29. The maximum absolute atomic E-state index is 13.4. The van der Waals surface area contributed by atoms with E-state index >= 15 is 0 Å². The number of hydrogen-bond donors (Lipinski definition) is 4. The molecule has 0 bridgehead atoms. The van der Waals surface area contributed by atoms with E-state index in [1.807, 2.05) is 0 Å². The summed E-state index contributed by atoms with van der Waals surface area (Å²) in [6, 6.07) is 7.55. The number of piperazine rings is 1. The molecule has 0 aliphatic carbocycles. The molecule has 2 fully saturated rings. The van der Waals surface area contributed by atoms with Gasteiger partial charge in [-0.15, -0.1) is 0 Å². The maximum atomic E-state index is 13.4. The van der Waals surface area contributed by atoms with Crippen molar-refractivity contribution < 1.29 is 53.6 Å². The van der Waals surface area contributed by atoms with Crippen LogP contribution in [0.3, 0.4) is 0 Å². The molecule has 46 heavy (non-hydrogen) atoms. The van der Waals surface area contributed by atoms with Crippen LogP contribution in [0.2, 0.25) is 0 Å². The molecule has 17 nitrogen and oxygen atoms in total. The second kappa shape index (κ2) is 14.7. The number of carbonyl (C=O) groups is 6. The zero-order chi connectivity index (χ0) is 33.5. The van der Waals surface area contributed by atoms with Gasteiger partial charge < -0.3 is 44.8 Å². The van der Waals surface area contributed by atoms with Crippen LogP contribution in [0.4, 0.5) is 4.79 Å².